The van der Waals surface area contributed by atoms with Crippen molar-refractivity contribution >= 4 is 12.2 Å². The Hall–Kier alpha value is -3.03. The van der Waals surface area contributed by atoms with Gasteiger partial charge in [0.15, 0.2) is 0 Å². The largest absolute Gasteiger partial charge is 0.573 e. The number of hydrogen-bond acceptors (Lipinski definition) is 4. The van der Waals surface area contributed by atoms with E-state index >= 15 is 0 Å². The molecule has 2 aromatic carbocycles. The van der Waals surface area contributed by atoms with Gasteiger partial charge in [0.25, 0.3) is 0 Å². The zero-order valence-corrected chi connectivity index (χ0v) is 21.7. The second-order valence-corrected chi connectivity index (χ2v) is 11.1. The van der Waals surface area contributed by atoms with E-state index in [2.05, 4.69) is 42.8 Å². The van der Waals surface area contributed by atoms with Gasteiger partial charge in [-0.1, -0.05) is 50.5 Å². The number of nitrogens with zero attached hydrogens (tertiary/aromatic N) is 1. The zero-order chi connectivity index (χ0) is 27.0. The number of fused-ring (bicyclic) bond motifs is 3. The van der Waals surface area contributed by atoms with E-state index in [-0.39, 0.29) is 29.6 Å². The molecule has 2 aliphatic carbocycles. The third kappa shape index (κ3) is 5.48. The van der Waals surface area contributed by atoms with Crippen LogP contribution in [0.5, 0.6) is 5.75 Å². The summed E-state index contributed by atoms with van der Waals surface area (Å²) in [6.45, 7) is 8.47. The first kappa shape index (κ1) is 27.0. The van der Waals surface area contributed by atoms with Crippen molar-refractivity contribution in [1.29, 1.82) is 0 Å². The number of carboxylic acids is 1. The highest BCUT2D eigenvalue weighted by Gasteiger charge is 2.55. The summed E-state index contributed by atoms with van der Waals surface area (Å²) in [4.78, 5) is 17.7. The third-order valence-electron chi connectivity index (χ3n) is 8.32. The predicted octanol–water partition coefficient (Wildman–Crippen LogP) is 7.35. The molecule has 200 valence electrons. The molecule has 4 rings (SSSR count). The van der Waals surface area contributed by atoms with E-state index in [1.807, 2.05) is 6.92 Å². The molecule has 0 radical (unpaired) electrons. The van der Waals surface area contributed by atoms with Crippen molar-refractivity contribution in [2.75, 3.05) is 0 Å². The fourth-order valence-electron chi connectivity index (χ4n) is 6.41. The average Bonchev–Trinajstić information content (AvgIpc) is 2.81. The van der Waals surface area contributed by atoms with Gasteiger partial charge in [-0.25, -0.2) is 0 Å². The monoisotopic (exact) mass is 517 g/mol. The lowest BCUT2D eigenvalue weighted by Crippen LogP contribution is -2.52. The second kappa shape index (κ2) is 10.0. The molecule has 0 amide bonds. The van der Waals surface area contributed by atoms with Crippen LogP contribution in [-0.4, -0.2) is 23.7 Å². The molecule has 1 saturated carbocycles. The highest BCUT2D eigenvalue weighted by Crippen LogP contribution is 2.57. The van der Waals surface area contributed by atoms with E-state index in [1.54, 1.807) is 6.21 Å². The van der Waals surface area contributed by atoms with Gasteiger partial charge in [0.05, 0.1) is 11.6 Å². The number of rotatable bonds is 7. The number of ether oxygens (including phenoxy) is 1. The van der Waals surface area contributed by atoms with Gasteiger partial charge in [0, 0.05) is 0 Å². The Bertz CT molecular complexity index is 1170. The standard InChI is InChI=1S/C29H34F3NO4/c1-18(2)23-14-20-8-11-25-27(3,12-5-13-28(25,4)26(34)35)24(20)15-21(23)16-33-36-17-19-6-9-22(10-7-19)37-29(30,31)32/h6-7,9-10,14-16,18,25H,5,8,11-13,17H2,1-4H3,(H,34,35)/b33-16+/t25?,27-,28?/m1/s1. The Morgan fingerprint density at radius 1 is 1.19 bits per heavy atom. The van der Waals surface area contributed by atoms with Crippen LogP contribution in [-0.2, 0) is 28.1 Å². The maximum Gasteiger partial charge on any atom is 0.573 e. The van der Waals surface area contributed by atoms with Crippen LogP contribution in [0.25, 0.3) is 0 Å². The van der Waals surface area contributed by atoms with Crippen molar-refractivity contribution in [2.45, 2.75) is 84.1 Å². The lowest BCUT2D eigenvalue weighted by Gasteiger charge is -2.53. The highest BCUT2D eigenvalue weighted by molar-refractivity contribution is 5.83. The van der Waals surface area contributed by atoms with Gasteiger partial charge in [-0.3, -0.25) is 4.79 Å². The van der Waals surface area contributed by atoms with E-state index < -0.39 is 17.7 Å². The van der Waals surface area contributed by atoms with Crippen LogP contribution in [0, 0.1) is 11.3 Å². The maximum atomic E-state index is 12.3. The number of carboxylic acid groups (broad SMARTS) is 1. The molecule has 0 aromatic heterocycles. The molecular weight excluding hydrogens is 483 g/mol. The van der Waals surface area contributed by atoms with E-state index in [9.17, 15) is 23.1 Å². The first-order chi connectivity index (χ1) is 17.3. The summed E-state index contributed by atoms with van der Waals surface area (Å²) < 4.78 is 40.9. The Balaban J connectivity index is 1.55. The van der Waals surface area contributed by atoms with Crippen molar-refractivity contribution in [2.24, 2.45) is 16.5 Å². The maximum absolute atomic E-state index is 12.3. The SMILES string of the molecule is CC(C)c1cc2c(cc1/C=N/OCc1ccc(OC(F)(F)F)cc1)[C@@]1(C)CCCC(C)(C(=O)O)C1CC2. The Morgan fingerprint density at radius 2 is 1.89 bits per heavy atom. The summed E-state index contributed by atoms with van der Waals surface area (Å²) in [5.41, 5.74) is 4.29. The summed E-state index contributed by atoms with van der Waals surface area (Å²) in [7, 11) is 0. The minimum Gasteiger partial charge on any atom is -0.481 e. The summed E-state index contributed by atoms with van der Waals surface area (Å²) in [5.74, 6) is -0.675. The molecule has 2 unspecified atom stereocenters. The summed E-state index contributed by atoms with van der Waals surface area (Å²) in [6.07, 6.45) is 1.21. The van der Waals surface area contributed by atoms with Gasteiger partial charge in [0.2, 0.25) is 0 Å². The molecule has 2 aromatic rings. The van der Waals surface area contributed by atoms with E-state index in [1.165, 1.54) is 35.4 Å². The number of aliphatic carboxylic acids is 1. The van der Waals surface area contributed by atoms with Gasteiger partial charge in [-0.2, -0.15) is 0 Å². The molecule has 1 N–H and O–H groups in total. The fraction of sp³-hybridized carbons (Fsp3) is 0.517. The molecular formula is C29H34F3NO4. The molecule has 3 atom stereocenters. The number of carbonyl (C=O) groups is 1. The lowest BCUT2D eigenvalue weighted by atomic mass is 9.49. The molecule has 0 bridgehead atoms. The molecule has 8 heteroatoms. The van der Waals surface area contributed by atoms with Gasteiger partial charge in [-0.15, -0.1) is 13.2 Å². The van der Waals surface area contributed by atoms with Crippen LogP contribution in [0.15, 0.2) is 41.6 Å². The zero-order valence-electron chi connectivity index (χ0n) is 21.7. The van der Waals surface area contributed by atoms with Crippen LogP contribution in [0.4, 0.5) is 13.2 Å². The van der Waals surface area contributed by atoms with Crippen LogP contribution < -0.4 is 4.74 Å². The molecule has 1 fully saturated rings. The quantitative estimate of drug-likeness (QED) is 0.308. The first-order valence-corrected chi connectivity index (χ1v) is 12.7. The number of benzene rings is 2. The van der Waals surface area contributed by atoms with Gasteiger partial charge in [-0.05, 0) is 95.9 Å². The van der Waals surface area contributed by atoms with Crippen molar-refractivity contribution in [3.8, 4) is 5.75 Å². The highest BCUT2D eigenvalue weighted by atomic mass is 19.4. The van der Waals surface area contributed by atoms with E-state index in [4.69, 9.17) is 4.84 Å². The summed E-state index contributed by atoms with van der Waals surface area (Å²) >= 11 is 0. The number of halogens is 3. The van der Waals surface area contributed by atoms with Crippen LogP contribution in [0.3, 0.4) is 0 Å². The Labute approximate surface area is 215 Å². The molecule has 0 heterocycles. The molecule has 2 aliphatic rings. The lowest BCUT2D eigenvalue weighted by molar-refractivity contribution is -0.274. The van der Waals surface area contributed by atoms with Gasteiger partial charge in [0.1, 0.15) is 12.4 Å². The normalized spacial score (nSPS) is 25.6. The van der Waals surface area contributed by atoms with Gasteiger partial charge < -0.3 is 14.7 Å². The molecule has 5 nitrogen and oxygen atoms in total. The van der Waals surface area contributed by atoms with Crippen molar-refractivity contribution in [3.63, 3.8) is 0 Å². The number of oxime groups is 1. The molecule has 0 saturated heterocycles. The van der Waals surface area contributed by atoms with Crippen molar-refractivity contribution in [1.82, 2.24) is 0 Å². The Kier molecular flexibility index (Phi) is 7.32. The number of alkyl halides is 3. The fourth-order valence-corrected chi connectivity index (χ4v) is 6.41. The second-order valence-electron chi connectivity index (χ2n) is 11.1. The van der Waals surface area contributed by atoms with E-state index in [0.717, 1.165) is 36.8 Å². The van der Waals surface area contributed by atoms with Crippen molar-refractivity contribution < 1.29 is 32.6 Å². The van der Waals surface area contributed by atoms with Crippen LogP contribution in [0.1, 0.15) is 87.1 Å². The third-order valence-corrected chi connectivity index (χ3v) is 8.32. The smallest absolute Gasteiger partial charge is 0.481 e. The minimum atomic E-state index is -4.73. The molecule has 0 spiro atoms. The molecule has 37 heavy (non-hydrogen) atoms. The van der Waals surface area contributed by atoms with Crippen molar-refractivity contribution in [3.05, 3.63) is 64.2 Å². The van der Waals surface area contributed by atoms with Crippen LogP contribution >= 0.6 is 0 Å². The topological polar surface area (TPSA) is 68.1 Å². The molecule has 0 aliphatic heterocycles. The summed E-state index contributed by atoms with van der Waals surface area (Å²) in [6, 6.07) is 9.89. The van der Waals surface area contributed by atoms with Crippen LogP contribution in [0.2, 0.25) is 0 Å². The van der Waals surface area contributed by atoms with Gasteiger partial charge >= 0.3 is 12.3 Å². The Morgan fingerprint density at radius 3 is 2.51 bits per heavy atom. The average molecular weight is 518 g/mol. The summed E-state index contributed by atoms with van der Waals surface area (Å²) in [5, 5.41) is 14.2. The predicted molar refractivity (Wildman–Crippen MR) is 135 cm³/mol. The first-order valence-electron chi connectivity index (χ1n) is 12.7. The number of hydrogen-bond donors (Lipinski definition) is 1. The number of aryl methyl sites for hydroxylation is 1. The van der Waals surface area contributed by atoms with E-state index in [0.29, 0.717) is 12.0 Å². The minimum absolute atomic E-state index is 0.0639.